The van der Waals surface area contributed by atoms with Gasteiger partial charge in [0.25, 0.3) is 5.91 Å². The molecule has 31 heavy (non-hydrogen) atoms. The molecule has 0 fully saturated rings. The highest BCUT2D eigenvalue weighted by atomic mass is 32.1. The first-order valence-corrected chi connectivity index (χ1v) is 11.0. The lowest BCUT2D eigenvalue weighted by Crippen LogP contribution is -2.41. The molecular weight excluding hydrogens is 412 g/mol. The summed E-state index contributed by atoms with van der Waals surface area (Å²) in [5.74, 6) is 0.105. The number of benzene rings is 2. The quantitative estimate of drug-likeness (QED) is 0.519. The van der Waals surface area contributed by atoms with Gasteiger partial charge in [-0.05, 0) is 61.7 Å². The summed E-state index contributed by atoms with van der Waals surface area (Å²) in [4.78, 5) is 24.9. The molecule has 0 aliphatic heterocycles. The Morgan fingerprint density at radius 3 is 2.42 bits per heavy atom. The molecule has 0 spiro atoms. The Morgan fingerprint density at radius 2 is 1.77 bits per heavy atom. The number of carbonyl (C=O) groups excluding carboxylic acids is 2. The van der Waals surface area contributed by atoms with Crippen LogP contribution in [0, 0.1) is 0 Å². The second kappa shape index (κ2) is 10.7. The summed E-state index contributed by atoms with van der Waals surface area (Å²) in [5.41, 5.74) is 2.60. The van der Waals surface area contributed by atoms with E-state index in [0.29, 0.717) is 15.7 Å². The van der Waals surface area contributed by atoms with Crippen molar-refractivity contribution in [1.29, 1.82) is 0 Å². The maximum Gasteiger partial charge on any atom is 0.251 e. The number of unbranched alkanes of at least 4 members (excludes halogenated alkanes) is 1. The number of nitrogens with one attached hydrogen (secondary N) is 2. The third kappa shape index (κ3) is 6.11. The van der Waals surface area contributed by atoms with Crippen molar-refractivity contribution in [3.8, 4) is 16.3 Å². The van der Waals surface area contributed by atoms with E-state index in [1.165, 1.54) is 16.9 Å². The van der Waals surface area contributed by atoms with Gasteiger partial charge in [0.1, 0.15) is 16.8 Å². The summed E-state index contributed by atoms with van der Waals surface area (Å²) in [6, 6.07) is 14.2. The number of nitrogens with zero attached hydrogens (tertiary/aromatic N) is 2. The number of carbonyl (C=O) groups is 2. The van der Waals surface area contributed by atoms with Gasteiger partial charge in [-0.2, -0.15) is 0 Å². The van der Waals surface area contributed by atoms with E-state index in [1.807, 2.05) is 36.4 Å². The lowest BCUT2D eigenvalue weighted by Gasteiger charge is -2.13. The topological polar surface area (TPSA) is 93.2 Å². The number of aromatic nitrogens is 2. The Hall–Kier alpha value is -3.26. The number of hydrogen-bond acceptors (Lipinski definition) is 6. The number of ether oxygens (including phenoxy) is 1. The Labute approximate surface area is 185 Å². The minimum Gasteiger partial charge on any atom is -0.497 e. The van der Waals surface area contributed by atoms with E-state index in [4.69, 9.17) is 4.74 Å². The lowest BCUT2D eigenvalue weighted by molar-refractivity contribution is -0.117. The third-order valence-corrected chi connectivity index (χ3v) is 5.66. The molecule has 0 aliphatic carbocycles. The molecule has 3 rings (SSSR count). The van der Waals surface area contributed by atoms with Crippen LogP contribution in [-0.2, 0) is 11.2 Å². The first-order chi connectivity index (χ1) is 15.0. The van der Waals surface area contributed by atoms with Gasteiger partial charge in [-0.25, -0.2) is 0 Å². The van der Waals surface area contributed by atoms with Gasteiger partial charge in [0.05, 0.1) is 7.11 Å². The smallest absolute Gasteiger partial charge is 0.251 e. The van der Waals surface area contributed by atoms with Crippen LogP contribution in [0.15, 0.2) is 48.5 Å². The maximum atomic E-state index is 12.5. The van der Waals surface area contributed by atoms with Crippen molar-refractivity contribution < 1.29 is 14.3 Å². The Kier molecular flexibility index (Phi) is 7.72. The summed E-state index contributed by atoms with van der Waals surface area (Å²) >= 11 is 1.26. The predicted octanol–water partition coefficient (Wildman–Crippen LogP) is 4.31. The molecule has 0 bridgehead atoms. The second-order valence-corrected chi connectivity index (χ2v) is 8.10. The molecule has 0 saturated carbocycles. The van der Waals surface area contributed by atoms with Gasteiger partial charge in [0.2, 0.25) is 11.0 Å². The van der Waals surface area contributed by atoms with Crippen LogP contribution in [0.2, 0.25) is 0 Å². The fourth-order valence-corrected chi connectivity index (χ4v) is 3.64. The summed E-state index contributed by atoms with van der Waals surface area (Å²) in [7, 11) is 1.61. The molecule has 2 aromatic carbocycles. The van der Waals surface area contributed by atoms with Crippen LogP contribution in [0.1, 0.15) is 42.6 Å². The maximum absolute atomic E-state index is 12.5. The van der Waals surface area contributed by atoms with Gasteiger partial charge < -0.3 is 10.1 Å². The van der Waals surface area contributed by atoms with E-state index in [0.717, 1.165) is 30.6 Å². The molecule has 1 unspecified atom stereocenters. The molecule has 0 saturated heterocycles. The van der Waals surface area contributed by atoms with Crippen molar-refractivity contribution in [1.82, 2.24) is 15.5 Å². The van der Waals surface area contributed by atoms with E-state index in [9.17, 15) is 9.59 Å². The molecule has 2 amide bonds. The molecule has 1 aromatic heterocycles. The number of aryl methyl sites for hydroxylation is 1. The van der Waals surface area contributed by atoms with Gasteiger partial charge in [-0.1, -0.05) is 36.8 Å². The number of rotatable bonds is 9. The summed E-state index contributed by atoms with van der Waals surface area (Å²) in [5, 5.41) is 14.6. The molecule has 1 atom stereocenters. The van der Waals surface area contributed by atoms with E-state index in [2.05, 4.69) is 27.8 Å². The normalized spacial score (nSPS) is 11.6. The second-order valence-electron chi connectivity index (χ2n) is 7.13. The van der Waals surface area contributed by atoms with Crippen LogP contribution in [0.5, 0.6) is 5.75 Å². The van der Waals surface area contributed by atoms with Gasteiger partial charge in [0.15, 0.2) is 0 Å². The molecule has 162 valence electrons. The van der Waals surface area contributed by atoms with Crippen molar-refractivity contribution in [2.75, 3.05) is 12.4 Å². The van der Waals surface area contributed by atoms with E-state index >= 15 is 0 Å². The van der Waals surface area contributed by atoms with Crippen molar-refractivity contribution >= 4 is 28.3 Å². The molecule has 3 aromatic rings. The monoisotopic (exact) mass is 438 g/mol. The van der Waals surface area contributed by atoms with Gasteiger partial charge >= 0.3 is 0 Å². The van der Waals surface area contributed by atoms with Crippen LogP contribution < -0.4 is 15.4 Å². The Morgan fingerprint density at radius 1 is 1.06 bits per heavy atom. The van der Waals surface area contributed by atoms with Crippen LogP contribution in [0.25, 0.3) is 10.6 Å². The Bertz CT molecular complexity index is 1020. The summed E-state index contributed by atoms with van der Waals surface area (Å²) < 4.78 is 5.15. The third-order valence-electron chi connectivity index (χ3n) is 4.77. The highest BCUT2D eigenvalue weighted by molar-refractivity contribution is 7.18. The SMILES string of the molecule is CCCCc1ccc(C(=O)NC(C)C(=O)Nc2nnc(-c3ccc(OC)cc3)s2)cc1. The first-order valence-electron chi connectivity index (χ1n) is 10.2. The average Bonchev–Trinajstić information content (AvgIpc) is 3.26. The van der Waals surface area contributed by atoms with Crippen molar-refractivity contribution in [2.45, 2.75) is 39.2 Å². The number of amides is 2. The fourth-order valence-electron chi connectivity index (χ4n) is 2.89. The molecule has 0 radical (unpaired) electrons. The molecule has 1 heterocycles. The van der Waals surface area contributed by atoms with Crippen LogP contribution in [-0.4, -0.2) is 35.2 Å². The molecule has 2 N–H and O–H groups in total. The largest absolute Gasteiger partial charge is 0.497 e. The van der Waals surface area contributed by atoms with Gasteiger partial charge in [-0.3, -0.25) is 14.9 Å². The Balaban J connectivity index is 1.55. The zero-order chi connectivity index (χ0) is 22.2. The minimum atomic E-state index is -0.722. The van der Waals surface area contributed by atoms with Gasteiger partial charge in [-0.15, -0.1) is 10.2 Å². The van der Waals surface area contributed by atoms with Crippen molar-refractivity contribution in [3.05, 3.63) is 59.7 Å². The first kappa shape index (κ1) is 22.4. The lowest BCUT2D eigenvalue weighted by atomic mass is 10.1. The number of hydrogen-bond donors (Lipinski definition) is 2. The van der Waals surface area contributed by atoms with Crippen LogP contribution >= 0.6 is 11.3 Å². The predicted molar refractivity (Wildman–Crippen MR) is 123 cm³/mol. The van der Waals surface area contributed by atoms with E-state index in [1.54, 1.807) is 26.2 Å². The number of anilines is 1. The molecule has 7 nitrogen and oxygen atoms in total. The zero-order valence-electron chi connectivity index (χ0n) is 17.8. The van der Waals surface area contributed by atoms with Crippen molar-refractivity contribution in [2.24, 2.45) is 0 Å². The molecule has 0 aliphatic rings. The molecule has 8 heteroatoms. The van der Waals surface area contributed by atoms with Gasteiger partial charge in [0, 0.05) is 11.1 Å². The summed E-state index contributed by atoms with van der Waals surface area (Å²) in [6.07, 6.45) is 3.25. The van der Waals surface area contributed by atoms with E-state index in [-0.39, 0.29) is 11.8 Å². The minimum absolute atomic E-state index is 0.291. The zero-order valence-corrected chi connectivity index (χ0v) is 18.7. The average molecular weight is 439 g/mol. The van der Waals surface area contributed by atoms with Crippen LogP contribution in [0.3, 0.4) is 0 Å². The van der Waals surface area contributed by atoms with Crippen molar-refractivity contribution in [3.63, 3.8) is 0 Å². The summed E-state index contributed by atoms with van der Waals surface area (Å²) in [6.45, 7) is 3.78. The highest BCUT2D eigenvalue weighted by Gasteiger charge is 2.18. The highest BCUT2D eigenvalue weighted by Crippen LogP contribution is 2.27. The standard InChI is InChI=1S/C23H26N4O3S/c1-4-5-6-16-7-9-17(10-8-16)21(29)24-15(2)20(28)25-23-27-26-22(31-23)18-11-13-19(30-3)14-12-18/h7-15H,4-6H2,1-3H3,(H,24,29)(H,25,27,28). The van der Waals surface area contributed by atoms with Crippen LogP contribution in [0.4, 0.5) is 5.13 Å². The van der Waals surface area contributed by atoms with E-state index < -0.39 is 6.04 Å². The molecular formula is C23H26N4O3S. The number of methoxy groups -OCH3 is 1. The fraction of sp³-hybridized carbons (Fsp3) is 0.304.